The number of nitrogens with zero attached hydrogens (tertiary/aromatic N) is 2. The van der Waals surface area contributed by atoms with Crippen LogP contribution in [-0.2, 0) is 14.6 Å². The number of thioether (sulfide) groups is 1. The van der Waals surface area contributed by atoms with Gasteiger partial charge in [-0.05, 0) is 66.8 Å². The van der Waals surface area contributed by atoms with Gasteiger partial charge in [0.1, 0.15) is 6.54 Å². The molecule has 0 spiro atoms. The lowest BCUT2D eigenvalue weighted by atomic mass is 9.78. The van der Waals surface area contributed by atoms with Crippen LogP contribution in [0.1, 0.15) is 25.3 Å². The molecule has 1 unspecified atom stereocenters. The first-order chi connectivity index (χ1) is 15.1. The van der Waals surface area contributed by atoms with Crippen molar-refractivity contribution in [2.24, 2.45) is 10.5 Å². The van der Waals surface area contributed by atoms with Gasteiger partial charge in [-0.2, -0.15) is 16.9 Å². The fourth-order valence-electron chi connectivity index (χ4n) is 3.84. The summed E-state index contributed by atoms with van der Waals surface area (Å²) < 4.78 is 23.2. The summed E-state index contributed by atoms with van der Waals surface area (Å²) in [5.74, 6) is 0.873. The standard InChI is InChI=1S/C23H28ClN3O3S2/c1-23(13-4-14-31-2)16-27(26-22(23)17-5-7-18(24)8-6-17)15-21(28)25-19-9-11-20(12-10-19)32(3,29)30/h5-12H,4,13-16H2,1-3H3,(H,25,28). The van der Waals surface area contributed by atoms with Crippen LogP contribution in [0.15, 0.2) is 58.5 Å². The summed E-state index contributed by atoms with van der Waals surface area (Å²) in [5.41, 5.74) is 2.37. The van der Waals surface area contributed by atoms with Crippen LogP contribution in [0, 0.1) is 5.41 Å². The lowest BCUT2D eigenvalue weighted by molar-refractivity contribution is -0.117. The SMILES string of the molecule is CSCCCC1(C)CN(CC(=O)Nc2ccc(S(C)(=O)=O)cc2)N=C1c1ccc(Cl)cc1. The number of sulfone groups is 1. The zero-order valence-corrected chi connectivity index (χ0v) is 20.9. The minimum absolute atomic E-state index is 0.114. The molecule has 2 aromatic rings. The number of hydrogen-bond acceptors (Lipinski definition) is 6. The van der Waals surface area contributed by atoms with Crippen molar-refractivity contribution in [3.05, 3.63) is 59.1 Å². The van der Waals surface area contributed by atoms with E-state index in [1.807, 2.05) is 41.0 Å². The predicted molar refractivity (Wildman–Crippen MR) is 133 cm³/mol. The number of carbonyl (C=O) groups is 1. The molecule has 1 aliphatic rings. The van der Waals surface area contributed by atoms with Gasteiger partial charge in [0.05, 0.1) is 10.6 Å². The molecule has 0 radical (unpaired) electrons. The number of amides is 1. The van der Waals surface area contributed by atoms with Crippen LogP contribution in [0.25, 0.3) is 0 Å². The molecule has 0 saturated heterocycles. The van der Waals surface area contributed by atoms with E-state index in [-0.39, 0.29) is 22.8 Å². The second-order valence-corrected chi connectivity index (χ2v) is 11.7. The van der Waals surface area contributed by atoms with Crippen molar-refractivity contribution >= 4 is 50.5 Å². The molecule has 0 fully saturated rings. The fourth-order valence-corrected chi connectivity index (χ4v) is 5.03. The molecule has 1 aliphatic heterocycles. The highest BCUT2D eigenvalue weighted by Gasteiger charge is 2.39. The Balaban J connectivity index is 1.72. The van der Waals surface area contributed by atoms with Crippen LogP contribution in [0.2, 0.25) is 5.02 Å². The topological polar surface area (TPSA) is 78.8 Å². The number of anilines is 1. The normalized spacial score (nSPS) is 18.5. The third-order valence-electron chi connectivity index (χ3n) is 5.43. The van der Waals surface area contributed by atoms with Crippen molar-refractivity contribution in [2.75, 3.05) is 36.7 Å². The summed E-state index contributed by atoms with van der Waals surface area (Å²) in [7, 11) is -3.27. The van der Waals surface area contributed by atoms with E-state index in [1.54, 1.807) is 12.1 Å². The molecular weight excluding hydrogens is 466 g/mol. The molecule has 2 aromatic carbocycles. The third kappa shape index (κ3) is 6.27. The van der Waals surface area contributed by atoms with Gasteiger partial charge in [-0.1, -0.05) is 30.7 Å². The zero-order chi connectivity index (χ0) is 23.4. The molecule has 3 rings (SSSR count). The summed E-state index contributed by atoms with van der Waals surface area (Å²) in [6, 6.07) is 13.8. The molecule has 9 heteroatoms. The Kier molecular flexibility index (Phi) is 7.90. The Morgan fingerprint density at radius 3 is 2.44 bits per heavy atom. The Hall–Kier alpha value is -2.03. The van der Waals surface area contributed by atoms with Crippen LogP contribution >= 0.6 is 23.4 Å². The monoisotopic (exact) mass is 493 g/mol. The van der Waals surface area contributed by atoms with Crippen LogP contribution in [0.3, 0.4) is 0 Å². The van der Waals surface area contributed by atoms with E-state index in [0.29, 0.717) is 17.3 Å². The van der Waals surface area contributed by atoms with Gasteiger partial charge in [0.2, 0.25) is 5.91 Å². The average Bonchev–Trinajstić information content (AvgIpc) is 3.04. The van der Waals surface area contributed by atoms with Crippen LogP contribution in [-0.4, -0.2) is 56.4 Å². The Morgan fingerprint density at radius 1 is 1.19 bits per heavy atom. The molecule has 0 aromatic heterocycles. The van der Waals surface area contributed by atoms with E-state index in [1.165, 1.54) is 12.1 Å². The quantitative estimate of drug-likeness (QED) is 0.518. The number of benzene rings is 2. The maximum Gasteiger partial charge on any atom is 0.245 e. The Bertz CT molecular complexity index is 1090. The number of carbonyl (C=O) groups excluding carboxylic acids is 1. The van der Waals surface area contributed by atoms with Crippen molar-refractivity contribution < 1.29 is 13.2 Å². The molecule has 32 heavy (non-hydrogen) atoms. The first kappa shape index (κ1) is 24.6. The number of nitrogens with one attached hydrogen (secondary N) is 1. The van der Waals surface area contributed by atoms with Gasteiger partial charge in [0.15, 0.2) is 9.84 Å². The second kappa shape index (κ2) is 10.3. The number of hydrogen-bond donors (Lipinski definition) is 1. The van der Waals surface area contributed by atoms with Crippen LogP contribution in [0.4, 0.5) is 5.69 Å². The summed E-state index contributed by atoms with van der Waals surface area (Å²) >= 11 is 7.89. The number of halogens is 1. The molecule has 0 aliphatic carbocycles. The molecule has 6 nitrogen and oxygen atoms in total. The van der Waals surface area contributed by atoms with Gasteiger partial charge < -0.3 is 5.32 Å². The highest BCUT2D eigenvalue weighted by atomic mass is 35.5. The maximum absolute atomic E-state index is 12.6. The second-order valence-electron chi connectivity index (χ2n) is 8.28. The van der Waals surface area contributed by atoms with Crippen molar-refractivity contribution in [1.29, 1.82) is 0 Å². The molecule has 172 valence electrons. The number of rotatable bonds is 9. The smallest absolute Gasteiger partial charge is 0.245 e. The van der Waals surface area contributed by atoms with E-state index in [0.717, 1.165) is 36.1 Å². The van der Waals surface area contributed by atoms with Gasteiger partial charge >= 0.3 is 0 Å². The average molecular weight is 494 g/mol. The minimum atomic E-state index is -3.27. The van der Waals surface area contributed by atoms with Gasteiger partial charge in [-0.25, -0.2) is 8.42 Å². The third-order valence-corrected chi connectivity index (χ3v) is 7.51. The first-order valence-electron chi connectivity index (χ1n) is 10.3. The molecule has 0 bridgehead atoms. The molecule has 1 heterocycles. The summed E-state index contributed by atoms with van der Waals surface area (Å²) in [6.07, 6.45) is 5.29. The summed E-state index contributed by atoms with van der Waals surface area (Å²) in [6.45, 7) is 2.96. The molecule has 0 saturated carbocycles. The van der Waals surface area contributed by atoms with Crippen LogP contribution < -0.4 is 5.32 Å². The minimum Gasteiger partial charge on any atom is -0.324 e. The van der Waals surface area contributed by atoms with E-state index in [2.05, 4.69) is 18.5 Å². The molecule has 1 atom stereocenters. The Morgan fingerprint density at radius 2 is 1.84 bits per heavy atom. The maximum atomic E-state index is 12.6. The molecular formula is C23H28ClN3O3S2. The predicted octanol–water partition coefficient (Wildman–Crippen LogP) is 4.55. The Labute approximate surface area is 199 Å². The summed E-state index contributed by atoms with van der Waals surface area (Å²) in [4.78, 5) is 12.9. The van der Waals surface area contributed by atoms with Gasteiger partial charge in [-0.3, -0.25) is 9.80 Å². The number of hydrazone groups is 1. The highest BCUT2D eigenvalue weighted by Crippen LogP contribution is 2.36. The van der Waals surface area contributed by atoms with Crippen LogP contribution in [0.5, 0.6) is 0 Å². The van der Waals surface area contributed by atoms with Crippen molar-refractivity contribution in [1.82, 2.24) is 5.01 Å². The van der Waals surface area contributed by atoms with Crippen molar-refractivity contribution in [3.63, 3.8) is 0 Å². The van der Waals surface area contributed by atoms with E-state index in [9.17, 15) is 13.2 Å². The van der Waals surface area contributed by atoms with Gasteiger partial charge in [0, 0.05) is 28.9 Å². The molecule has 1 amide bonds. The fraction of sp³-hybridized carbons (Fsp3) is 0.391. The molecule has 1 N–H and O–H groups in total. The largest absolute Gasteiger partial charge is 0.324 e. The van der Waals surface area contributed by atoms with Gasteiger partial charge in [0.25, 0.3) is 0 Å². The van der Waals surface area contributed by atoms with E-state index < -0.39 is 9.84 Å². The van der Waals surface area contributed by atoms with Gasteiger partial charge in [-0.15, -0.1) is 0 Å². The van der Waals surface area contributed by atoms with E-state index >= 15 is 0 Å². The highest BCUT2D eigenvalue weighted by molar-refractivity contribution is 7.98. The lowest BCUT2D eigenvalue weighted by Gasteiger charge is -2.26. The van der Waals surface area contributed by atoms with Crippen molar-refractivity contribution in [2.45, 2.75) is 24.7 Å². The summed E-state index contributed by atoms with van der Waals surface area (Å²) in [5, 5.41) is 10.1. The first-order valence-corrected chi connectivity index (χ1v) is 14.0. The zero-order valence-electron chi connectivity index (χ0n) is 18.5. The lowest BCUT2D eigenvalue weighted by Crippen LogP contribution is -2.34. The van der Waals surface area contributed by atoms with E-state index in [4.69, 9.17) is 16.7 Å². The van der Waals surface area contributed by atoms with Crippen molar-refractivity contribution in [3.8, 4) is 0 Å².